The zero-order valence-corrected chi connectivity index (χ0v) is 9.65. The maximum atomic E-state index is 11.8. The zero-order chi connectivity index (χ0) is 12.2. The molecule has 92 valence electrons. The minimum absolute atomic E-state index is 0.0942. The number of carboxylic acid groups (broad SMARTS) is 1. The lowest BCUT2D eigenvalue weighted by Gasteiger charge is -2.32. The summed E-state index contributed by atoms with van der Waals surface area (Å²) in [4.78, 5) is 24.0. The molecule has 2 N–H and O–H groups in total. The van der Waals surface area contributed by atoms with E-state index in [1.807, 2.05) is 0 Å². The number of carboxylic acids is 1. The molecule has 0 radical (unpaired) electrons. The Morgan fingerprint density at radius 2 is 1.94 bits per heavy atom. The molecule has 1 aliphatic heterocycles. The normalized spacial score (nSPS) is 17.0. The quantitative estimate of drug-likeness (QED) is 0.730. The number of morpholine rings is 1. The smallest absolute Gasteiger partial charge is 0.317 e. The van der Waals surface area contributed by atoms with Crippen LogP contribution < -0.4 is 5.32 Å². The lowest BCUT2D eigenvalue weighted by Crippen LogP contribution is -2.53. The van der Waals surface area contributed by atoms with Gasteiger partial charge in [0, 0.05) is 18.6 Å². The Bertz CT molecular complexity index is 272. The van der Waals surface area contributed by atoms with Crippen molar-refractivity contribution in [2.24, 2.45) is 0 Å². The molecule has 0 aromatic rings. The number of ether oxygens (including phenoxy) is 1. The van der Waals surface area contributed by atoms with Gasteiger partial charge in [-0.15, -0.1) is 0 Å². The molecule has 0 atom stereocenters. The number of carbonyl (C=O) groups excluding carboxylic acids is 1. The third-order valence-corrected chi connectivity index (χ3v) is 2.34. The van der Waals surface area contributed by atoms with E-state index in [2.05, 4.69) is 5.32 Å². The molecule has 2 amide bonds. The number of nitrogens with one attached hydrogen (secondary N) is 1. The highest BCUT2D eigenvalue weighted by molar-refractivity contribution is 5.76. The minimum atomic E-state index is -0.924. The Balaban J connectivity index is 2.45. The van der Waals surface area contributed by atoms with Crippen molar-refractivity contribution >= 4 is 12.0 Å². The topological polar surface area (TPSA) is 78.9 Å². The van der Waals surface area contributed by atoms with Gasteiger partial charge in [-0.25, -0.2) is 4.79 Å². The van der Waals surface area contributed by atoms with Crippen LogP contribution in [0.2, 0.25) is 0 Å². The number of aliphatic carboxylic acids is 1. The molecule has 0 spiro atoms. The summed E-state index contributed by atoms with van der Waals surface area (Å²) in [6, 6.07) is -0.227. The fourth-order valence-electron chi connectivity index (χ4n) is 1.56. The van der Waals surface area contributed by atoms with Crippen LogP contribution in [-0.4, -0.2) is 53.8 Å². The van der Waals surface area contributed by atoms with E-state index in [-0.39, 0.29) is 12.5 Å². The van der Waals surface area contributed by atoms with Gasteiger partial charge in [0.2, 0.25) is 0 Å². The van der Waals surface area contributed by atoms with E-state index in [9.17, 15) is 9.59 Å². The zero-order valence-electron chi connectivity index (χ0n) is 9.65. The second-order valence-corrected chi connectivity index (χ2v) is 4.48. The molecule has 0 saturated carbocycles. The Hall–Kier alpha value is -1.30. The van der Waals surface area contributed by atoms with Gasteiger partial charge in [0.25, 0.3) is 0 Å². The second kappa shape index (κ2) is 5.16. The SMILES string of the molecule is CC(C)(CC(=O)O)NC(=O)N1CCOCC1. The maximum absolute atomic E-state index is 11.8. The van der Waals surface area contributed by atoms with Crippen LogP contribution in [0.3, 0.4) is 0 Å². The van der Waals surface area contributed by atoms with Crippen molar-refractivity contribution in [1.82, 2.24) is 10.2 Å². The number of hydrogen-bond acceptors (Lipinski definition) is 3. The van der Waals surface area contributed by atoms with Gasteiger partial charge in [-0.05, 0) is 13.8 Å². The van der Waals surface area contributed by atoms with Crippen LogP contribution in [0.15, 0.2) is 0 Å². The van der Waals surface area contributed by atoms with Gasteiger partial charge in [-0.3, -0.25) is 4.79 Å². The monoisotopic (exact) mass is 230 g/mol. The molecule has 6 nitrogen and oxygen atoms in total. The minimum Gasteiger partial charge on any atom is -0.481 e. The number of rotatable bonds is 3. The molecular formula is C10H18N2O4. The Morgan fingerprint density at radius 3 is 2.44 bits per heavy atom. The van der Waals surface area contributed by atoms with E-state index in [4.69, 9.17) is 9.84 Å². The van der Waals surface area contributed by atoms with Crippen molar-refractivity contribution in [1.29, 1.82) is 0 Å². The largest absolute Gasteiger partial charge is 0.481 e. The Morgan fingerprint density at radius 1 is 1.38 bits per heavy atom. The molecular weight excluding hydrogens is 212 g/mol. The van der Waals surface area contributed by atoms with Crippen LogP contribution in [0.25, 0.3) is 0 Å². The Kier molecular flexibility index (Phi) is 4.12. The first-order valence-electron chi connectivity index (χ1n) is 5.27. The van der Waals surface area contributed by atoms with E-state index in [1.165, 1.54) is 0 Å². The van der Waals surface area contributed by atoms with Gasteiger partial charge in [0.1, 0.15) is 0 Å². The Labute approximate surface area is 94.6 Å². The summed E-state index contributed by atoms with van der Waals surface area (Å²) >= 11 is 0. The molecule has 0 aromatic heterocycles. The molecule has 0 aliphatic carbocycles. The van der Waals surface area contributed by atoms with E-state index in [0.717, 1.165) is 0 Å². The van der Waals surface area contributed by atoms with E-state index >= 15 is 0 Å². The lowest BCUT2D eigenvalue weighted by molar-refractivity contribution is -0.138. The summed E-state index contributed by atoms with van der Waals surface area (Å²) in [6.45, 7) is 5.56. The van der Waals surface area contributed by atoms with E-state index in [0.29, 0.717) is 26.3 Å². The molecule has 0 unspecified atom stereocenters. The highest BCUT2D eigenvalue weighted by Gasteiger charge is 2.26. The van der Waals surface area contributed by atoms with Gasteiger partial charge in [0.15, 0.2) is 0 Å². The highest BCUT2D eigenvalue weighted by Crippen LogP contribution is 2.09. The standard InChI is InChI=1S/C10H18N2O4/c1-10(2,7-8(13)14)11-9(15)12-3-5-16-6-4-12/h3-7H2,1-2H3,(H,11,15)(H,13,14). The van der Waals surface area contributed by atoms with Crippen LogP contribution in [0.1, 0.15) is 20.3 Å². The van der Waals surface area contributed by atoms with Crippen LogP contribution in [0, 0.1) is 0 Å². The van der Waals surface area contributed by atoms with Gasteiger partial charge >= 0.3 is 12.0 Å². The van der Waals surface area contributed by atoms with Gasteiger partial charge in [0.05, 0.1) is 19.6 Å². The second-order valence-electron chi connectivity index (χ2n) is 4.48. The van der Waals surface area contributed by atoms with Gasteiger partial charge in [-0.1, -0.05) is 0 Å². The van der Waals surface area contributed by atoms with Gasteiger partial charge < -0.3 is 20.1 Å². The van der Waals surface area contributed by atoms with Crippen LogP contribution in [0.4, 0.5) is 4.79 Å². The first-order valence-corrected chi connectivity index (χ1v) is 5.27. The summed E-state index contributed by atoms with van der Waals surface area (Å²) in [5.41, 5.74) is -0.735. The molecule has 1 heterocycles. The van der Waals surface area contributed by atoms with Gasteiger partial charge in [-0.2, -0.15) is 0 Å². The number of amides is 2. The molecule has 1 rings (SSSR count). The molecule has 16 heavy (non-hydrogen) atoms. The van der Waals surface area contributed by atoms with E-state index in [1.54, 1.807) is 18.7 Å². The van der Waals surface area contributed by atoms with Crippen molar-refractivity contribution in [2.75, 3.05) is 26.3 Å². The predicted octanol–water partition coefficient (Wildman–Crippen LogP) is 0.282. The average Bonchev–Trinajstić information content (AvgIpc) is 2.16. The highest BCUT2D eigenvalue weighted by atomic mass is 16.5. The van der Waals surface area contributed by atoms with Crippen molar-refractivity contribution < 1.29 is 19.4 Å². The number of carbonyl (C=O) groups is 2. The average molecular weight is 230 g/mol. The predicted molar refractivity (Wildman–Crippen MR) is 57.3 cm³/mol. The number of urea groups is 1. The fraction of sp³-hybridized carbons (Fsp3) is 0.800. The number of hydrogen-bond donors (Lipinski definition) is 2. The maximum Gasteiger partial charge on any atom is 0.317 e. The first-order chi connectivity index (χ1) is 7.41. The summed E-state index contributed by atoms with van der Waals surface area (Å²) in [6.07, 6.45) is -0.0942. The lowest BCUT2D eigenvalue weighted by atomic mass is 10.0. The molecule has 1 aliphatic rings. The molecule has 1 fully saturated rings. The van der Waals surface area contributed by atoms with Crippen LogP contribution in [0.5, 0.6) is 0 Å². The molecule has 0 aromatic carbocycles. The molecule has 1 saturated heterocycles. The summed E-state index contributed by atoms with van der Waals surface area (Å²) in [7, 11) is 0. The van der Waals surface area contributed by atoms with Crippen molar-refractivity contribution in [2.45, 2.75) is 25.8 Å². The number of nitrogens with zero attached hydrogens (tertiary/aromatic N) is 1. The molecule has 0 bridgehead atoms. The van der Waals surface area contributed by atoms with Crippen molar-refractivity contribution in [3.05, 3.63) is 0 Å². The van der Waals surface area contributed by atoms with Crippen molar-refractivity contribution in [3.63, 3.8) is 0 Å². The summed E-state index contributed by atoms with van der Waals surface area (Å²) in [5.74, 6) is -0.924. The first kappa shape index (κ1) is 12.8. The third-order valence-electron chi connectivity index (χ3n) is 2.34. The van der Waals surface area contributed by atoms with E-state index < -0.39 is 11.5 Å². The van der Waals surface area contributed by atoms with Crippen LogP contribution in [-0.2, 0) is 9.53 Å². The van der Waals surface area contributed by atoms with Crippen molar-refractivity contribution in [3.8, 4) is 0 Å². The summed E-state index contributed by atoms with van der Waals surface area (Å²) < 4.78 is 5.13. The summed E-state index contributed by atoms with van der Waals surface area (Å²) in [5, 5.41) is 11.4. The molecule has 6 heteroatoms. The van der Waals surface area contributed by atoms with Crippen LogP contribution >= 0.6 is 0 Å². The fourth-order valence-corrected chi connectivity index (χ4v) is 1.56. The third kappa shape index (κ3) is 4.06.